The molecule has 1 aliphatic rings. The number of sulfonamides is 1. The predicted octanol–water partition coefficient (Wildman–Crippen LogP) is 0.0499. The lowest BCUT2D eigenvalue weighted by Gasteiger charge is -2.22. The predicted molar refractivity (Wildman–Crippen MR) is 91.4 cm³/mol. The molecule has 26 heavy (non-hydrogen) atoms. The fraction of sp³-hybridized carbons (Fsp3) is 0.500. The van der Waals surface area contributed by atoms with Gasteiger partial charge in [-0.3, -0.25) is 9.59 Å². The maximum absolute atomic E-state index is 12.7. The number of amides is 1. The van der Waals surface area contributed by atoms with Gasteiger partial charge < -0.3 is 19.5 Å². The van der Waals surface area contributed by atoms with E-state index in [4.69, 9.17) is 9.47 Å². The number of hydrogen-bond acceptors (Lipinski definition) is 7. The molecule has 0 unspecified atom stereocenters. The average molecular weight is 386 g/mol. The third-order valence-electron chi connectivity index (χ3n) is 3.69. The van der Waals surface area contributed by atoms with Gasteiger partial charge in [0, 0.05) is 6.07 Å². The van der Waals surface area contributed by atoms with Crippen molar-refractivity contribution in [3.8, 4) is 11.5 Å². The number of ether oxygens (including phenoxy) is 3. The van der Waals surface area contributed by atoms with Crippen molar-refractivity contribution >= 4 is 21.9 Å². The second-order valence-corrected chi connectivity index (χ2v) is 7.66. The van der Waals surface area contributed by atoms with Crippen LogP contribution in [0.2, 0.25) is 0 Å². The number of carbonyl (C=O) groups excluding carboxylic acids is 2. The normalized spacial score (nSPS) is 14.6. The number of nitrogens with one attached hydrogen (secondary N) is 2. The molecule has 0 saturated carbocycles. The number of hydrogen-bond donors (Lipinski definition) is 2. The molecule has 1 atom stereocenters. The fourth-order valence-electron chi connectivity index (χ4n) is 2.26. The molecule has 1 aliphatic heterocycles. The molecule has 0 aromatic heterocycles. The summed E-state index contributed by atoms with van der Waals surface area (Å²) in [6.07, 6.45) is 0. The van der Waals surface area contributed by atoms with E-state index in [1.165, 1.54) is 25.3 Å². The summed E-state index contributed by atoms with van der Waals surface area (Å²) in [5.41, 5.74) is 0. The second-order valence-electron chi connectivity index (χ2n) is 5.94. The lowest BCUT2D eigenvalue weighted by Crippen LogP contribution is -2.50. The topological polar surface area (TPSA) is 120 Å². The number of benzene rings is 1. The molecule has 0 saturated heterocycles. The van der Waals surface area contributed by atoms with Gasteiger partial charge in [0.1, 0.15) is 25.8 Å². The van der Waals surface area contributed by atoms with Crippen molar-refractivity contribution in [1.29, 1.82) is 0 Å². The molecule has 1 amide bonds. The number of rotatable bonds is 7. The van der Waals surface area contributed by atoms with Gasteiger partial charge in [0.05, 0.1) is 12.0 Å². The molecule has 2 N–H and O–H groups in total. The van der Waals surface area contributed by atoms with E-state index in [-0.39, 0.29) is 17.4 Å². The molecule has 0 fully saturated rings. The molecule has 144 valence electrons. The van der Waals surface area contributed by atoms with Gasteiger partial charge in [0.15, 0.2) is 11.5 Å². The van der Waals surface area contributed by atoms with Crippen LogP contribution < -0.4 is 19.5 Å². The van der Waals surface area contributed by atoms with Crippen LogP contribution in [-0.4, -0.2) is 53.2 Å². The van der Waals surface area contributed by atoms with Crippen molar-refractivity contribution in [2.45, 2.75) is 24.8 Å². The number of fused-ring (bicyclic) bond motifs is 1. The van der Waals surface area contributed by atoms with Gasteiger partial charge in [0.25, 0.3) is 0 Å². The van der Waals surface area contributed by atoms with E-state index in [1.54, 1.807) is 13.8 Å². The summed E-state index contributed by atoms with van der Waals surface area (Å²) in [4.78, 5) is 23.4. The minimum atomic E-state index is -3.99. The lowest BCUT2D eigenvalue weighted by molar-refractivity contribution is -0.141. The van der Waals surface area contributed by atoms with E-state index in [9.17, 15) is 18.0 Å². The van der Waals surface area contributed by atoms with E-state index in [0.29, 0.717) is 24.7 Å². The van der Waals surface area contributed by atoms with Gasteiger partial charge in [-0.15, -0.1) is 0 Å². The van der Waals surface area contributed by atoms with Crippen molar-refractivity contribution in [2.75, 3.05) is 26.9 Å². The summed E-state index contributed by atoms with van der Waals surface area (Å²) in [7, 11) is -2.80. The SMILES string of the molecule is COC(=O)CNC(=O)[C@H](NS(=O)(=O)c1ccc2c(c1)OCCO2)C(C)C. The largest absolute Gasteiger partial charge is 0.486 e. The monoisotopic (exact) mass is 386 g/mol. The van der Waals surface area contributed by atoms with Gasteiger partial charge in [-0.25, -0.2) is 8.42 Å². The van der Waals surface area contributed by atoms with Crippen molar-refractivity contribution < 1.29 is 32.2 Å². The van der Waals surface area contributed by atoms with Crippen molar-refractivity contribution in [1.82, 2.24) is 10.0 Å². The molecule has 0 spiro atoms. The maximum atomic E-state index is 12.7. The summed E-state index contributed by atoms with van der Waals surface area (Å²) >= 11 is 0. The molecular formula is C16H22N2O7S. The number of carbonyl (C=O) groups is 2. The van der Waals surface area contributed by atoms with Crippen LogP contribution in [0, 0.1) is 5.92 Å². The maximum Gasteiger partial charge on any atom is 0.325 e. The first-order valence-electron chi connectivity index (χ1n) is 8.01. The average Bonchev–Trinajstić information content (AvgIpc) is 2.63. The van der Waals surface area contributed by atoms with E-state index >= 15 is 0 Å². The Morgan fingerprint density at radius 1 is 1.19 bits per heavy atom. The van der Waals surface area contributed by atoms with Gasteiger partial charge in [-0.1, -0.05) is 13.8 Å². The minimum absolute atomic E-state index is 0.0480. The van der Waals surface area contributed by atoms with Crippen LogP contribution >= 0.6 is 0 Å². The molecule has 1 aromatic carbocycles. The smallest absolute Gasteiger partial charge is 0.325 e. The zero-order valence-electron chi connectivity index (χ0n) is 14.8. The van der Waals surface area contributed by atoms with Gasteiger partial charge in [0.2, 0.25) is 15.9 Å². The van der Waals surface area contributed by atoms with Crippen LogP contribution in [0.3, 0.4) is 0 Å². The fourth-order valence-corrected chi connectivity index (χ4v) is 3.62. The first-order chi connectivity index (χ1) is 12.2. The molecule has 0 radical (unpaired) electrons. The summed E-state index contributed by atoms with van der Waals surface area (Å²) < 4.78 is 42.9. The Bertz CT molecular complexity index is 777. The summed E-state index contributed by atoms with van der Waals surface area (Å²) in [6.45, 7) is 3.76. The third-order valence-corrected chi connectivity index (χ3v) is 5.13. The van der Waals surface area contributed by atoms with E-state index in [0.717, 1.165) is 0 Å². The summed E-state index contributed by atoms with van der Waals surface area (Å²) in [5, 5.41) is 2.35. The van der Waals surface area contributed by atoms with Crippen molar-refractivity contribution in [2.24, 2.45) is 5.92 Å². The molecule has 0 bridgehead atoms. The molecule has 10 heteroatoms. The highest BCUT2D eigenvalue weighted by molar-refractivity contribution is 7.89. The van der Waals surface area contributed by atoms with Crippen LogP contribution in [0.1, 0.15) is 13.8 Å². The van der Waals surface area contributed by atoms with Crippen LogP contribution in [0.5, 0.6) is 11.5 Å². The second kappa shape index (κ2) is 8.37. The zero-order valence-corrected chi connectivity index (χ0v) is 15.6. The third kappa shape index (κ3) is 4.85. The molecule has 0 aliphatic carbocycles. The molecule has 1 heterocycles. The summed E-state index contributed by atoms with van der Waals surface area (Å²) in [5.74, 6) is -0.802. The van der Waals surface area contributed by atoms with Gasteiger partial charge >= 0.3 is 5.97 Å². The Morgan fingerprint density at radius 2 is 1.85 bits per heavy atom. The van der Waals surface area contributed by atoms with E-state index in [2.05, 4.69) is 14.8 Å². The minimum Gasteiger partial charge on any atom is -0.486 e. The van der Waals surface area contributed by atoms with E-state index < -0.39 is 27.9 Å². The first-order valence-corrected chi connectivity index (χ1v) is 9.49. The Morgan fingerprint density at radius 3 is 2.46 bits per heavy atom. The quantitative estimate of drug-likeness (QED) is 0.635. The van der Waals surface area contributed by atoms with Crippen LogP contribution in [0.4, 0.5) is 0 Å². The van der Waals surface area contributed by atoms with Gasteiger partial charge in [-0.05, 0) is 18.1 Å². The molecule has 1 aromatic rings. The standard InChI is InChI=1S/C16H22N2O7S/c1-10(2)15(16(20)17-9-14(19)23-3)18-26(21,22)11-4-5-12-13(8-11)25-7-6-24-12/h4-5,8,10,15,18H,6-7,9H2,1-3H3,(H,17,20)/t15-/m1/s1. The van der Waals surface area contributed by atoms with Crippen molar-refractivity contribution in [3.05, 3.63) is 18.2 Å². The molecule has 2 rings (SSSR count). The first kappa shape index (κ1) is 20.0. The van der Waals surface area contributed by atoms with Crippen LogP contribution in [0.15, 0.2) is 23.1 Å². The summed E-state index contributed by atoms with van der Waals surface area (Å²) in [6, 6.07) is 3.17. The van der Waals surface area contributed by atoms with Crippen LogP contribution in [0.25, 0.3) is 0 Å². The highest BCUT2D eigenvalue weighted by atomic mass is 32.2. The van der Waals surface area contributed by atoms with E-state index in [1.807, 2.05) is 0 Å². The Labute approximate surface area is 152 Å². The van der Waals surface area contributed by atoms with Crippen molar-refractivity contribution in [3.63, 3.8) is 0 Å². The van der Waals surface area contributed by atoms with Crippen LogP contribution in [-0.2, 0) is 24.3 Å². The molecular weight excluding hydrogens is 364 g/mol. The van der Waals surface area contributed by atoms with Gasteiger partial charge in [-0.2, -0.15) is 4.72 Å². The Kier molecular flexibility index (Phi) is 6.43. The number of esters is 1. The zero-order chi connectivity index (χ0) is 19.3. The Balaban J connectivity index is 2.16. The number of methoxy groups -OCH3 is 1. The Hall–Kier alpha value is -2.33. The highest BCUT2D eigenvalue weighted by Gasteiger charge is 2.29. The lowest BCUT2D eigenvalue weighted by atomic mass is 10.1. The highest BCUT2D eigenvalue weighted by Crippen LogP contribution is 2.32. The molecule has 9 nitrogen and oxygen atoms in total.